The average molecular weight is 194 g/mol. The molecule has 4 heteroatoms. The molecule has 74 valence electrons. The van der Waals surface area contributed by atoms with Crippen LogP contribution in [0.4, 0.5) is 0 Å². The van der Waals surface area contributed by atoms with Gasteiger partial charge in [-0.25, -0.2) is 0 Å². The molecule has 1 rings (SSSR count). The third kappa shape index (κ3) is 2.32. The molecule has 0 saturated carbocycles. The van der Waals surface area contributed by atoms with Gasteiger partial charge in [0.1, 0.15) is 12.0 Å². The maximum absolute atomic E-state index is 10.6. The molecule has 0 heterocycles. The van der Waals surface area contributed by atoms with E-state index in [1.165, 1.54) is 13.2 Å². The van der Waals surface area contributed by atoms with Crippen LogP contribution in [0.25, 0.3) is 0 Å². The van der Waals surface area contributed by atoms with Crippen molar-refractivity contribution in [1.29, 1.82) is 0 Å². The normalized spacial score (nSPS) is 9.50. The van der Waals surface area contributed by atoms with Gasteiger partial charge in [0.2, 0.25) is 0 Å². The van der Waals surface area contributed by atoms with Crippen LogP contribution < -0.4 is 4.74 Å². The maximum atomic E-state index is 10.6. The molecule has 14 heavy (non-hydrogen) atoms. The fourth-order valence-corrected chi connectivity index (χ4v) is 1.13. The van der Waals surface area contributed by atoms with Crippen molar-refractivity contribution in [2.24, 2.45) is 0 Å². The molecule has 0 atom stereocenters. The molecule has 0 radical (unpaired) electrons. The van der Waals surface area contributed by atoms with Gasteiger partial charge in [0.25, 0.3) is 0 Å². The van der Waals surface area contributed by atoms with Gasteiger partial charge in [-0.05, 0) is 17.7 Å². The number of hydrogen-bond acceptors (Lipinski definition) is 3. The Morgan fingerprint density at radius 2 is 2.29 bits per heavy atom. The minimum Gasteiger partial charge on any atom is -0.497 e. The average Bonchev–Trinajstić information content (AvgIpc) is 2.17. The van der Waals surface area contributed by atoms with Gasteiger partial charge in [0.05, 0.1) is 13.5 Å². The highest BCUT2D eigenvalue weighted by molar-refractivity contribution is 5.81. The quantitative estimate of drug-likeness (QED) is 0.730. The maximum Gasteiger partial charge on any atom is 0.307 e. The molecule has 0 bridgehead atoms. The molecule has 0 spiro atoms. The number of aliphatic carboxylic acids is 1. The van der Waals surface area contributed by atoms with Crippen molar-refractivity contribution in [3.05, 3.63) is 29.3 Å². The van der Waals surface area contributed by atoms with Gasteiger partial charge in [-0.15, -0.1) is 0 Å². The van der Waals surface area contributed by atoms with E-state index >= 15 is 0 Å². The number of methoxy groups -OCH3 is 1. The Hall–Kier alpha value is -1.84. The molecule has 1 aromatic rings. The van der Waals surface area contributed by atoms with E-state index in [0.717, 1.165) is 0 Å². The molecule has 0 aliphatic rings. The Bertz CT molecular complexity index is 357. The Labute approximate surface area is 81.1 Å². The van der Waals surface area contributed by atoms with Crippen LogP contribution in [0.1, 0.15) is 15.9 Å². The Balaban J connectivity index is 3.04. The second-order valence-corrected chi connectivity index (χ2v) is 2.75. The van der Waals surface area contributed by atoms with E-state index in [4.69, 9.17) is 9.84 Å². The van der Waals surface area contributed by atoms with Crippen molar-refractivity contribution in [3.8, 4) is 5.75 Å². The smallest absolute Gasteiger partial charge is 0.307 e. The van der Waals surface area contributed by atoms with Crippen LogP contribution in [0.15, 0.2) is 18.2 Å². The third-order valence-electron chi connectivity index (χ3n) is 1.82. The Kier molecular flexibility index (Phi) is 3.23. The van der Waals surface area contributed by atoms with Gasteiger partial charge < -0.3 is 9.84 Å². The first-order valence-corrected chi connectivity index (χ1v) is 4.01. The second-order valence-electron chi connectivity index (χ2n) is 2.75. The van der Waals surface area contributed by atoms with E-state index < -0.39 is 5.97 Å². The van der Waals surface area contributed by atoms with Crippen molar-refractivity contribution >= 4 is 12.3 Å². The lowest BCUT2D eigenvalue weighted by Crippen LogP contribution is -2.03. The lowest BCUT2D eigenvalue weighted by molar-refractivity contribution is -0.136. The molecule has 1 N–H and O–H groups in total. The molecule has 0 aliphatic carbocycles. The molecule has 0 unspecified atom stereocenters. The van der Waals surface area contributed by atoms with Crippen LogP contribution in [-0.2, 0) is 11.2 Å². The first-order chi connectivity index (χ1) is 6.67. The Morgan fingerprint density at radius 1 is 1.57 bits per heavy atom. The molecule has 4 nitrogen and oxygen atoms in total. The number of carbonyl (C=O) groups excluding carboxylic acids is 1. The zero-order valence-corrected chi connectivity index (χ0v) is 7.69. The lowest BCUT2D eigenvalue weighted by Gasteiger charge is -2.04. The van der Waals surface area contributed by atoms with Gasteiger partial charge in [-0.2, -0.15) is 0 Å². The number of carbonyl (C=O) groups is 2. The highest BCUT2D eigenvalue weighted by atomic mass is 16.5. The number of ether oxygens (including phenoxy) is 1. The monoisotopic (exact) mass is 194 g/mol. The van der Waals surface area contributed by atoms with Gasteiger partial charge >= 0.3 is 5.97 Å². The molecule has 0 aromatic heterocycles. The SMILES string of the molecule is COc1ccc(CC(=O)O)c(C=O)c1. The minimum atomic E-state index is -0.960. The highest BCUT2D eigenvalue weighted by Crippen LogP contribution is 2.16. The van der Waals surface area contributed by atoms with E-state index in [9.17, 15) is 9.59 Å². The van der Waals surface area contributed by atoms with Gasteiger partial charge in [0.15, 0.2) is 0 Å². The Morgan fingerprint density at radius 3 is 2.79 bits per heavy atom. The molecular weight excluding hydrogens is 184 g/mol. The fourth-order valence-electron chi connectivity index (χ4n) is 1.13. The number of aldehydes is 1. The summed E-state index contributed by atoms with van der Waals surface area (Å²) in [4.78, 5) is 21.1. The van der Waals surface area contributed by atoms with Crippen LogP contribution >= 0.6 is 0 Å². The molecule has 0 saturated heterocycles. The summed E-state index contributed by atoms with van der Waals surface area (Å²) < 4.78 is 4.91. The summed E-state index contributed by atoms with van der Waals surface area (Å²) in [5.74, 6) is -0.417. The van der Waals surface area contributed by atoms with Crippen molar-refractivity contribution < 1.29 is 19.4 Å². The highest BCUT2D eigenvalue weighted by Gasteiger charge is 2.07. The van der Waals surface area contributed by atoms with E-state index in [1.54, 1.807) is 12.1 Å². The summed E-state index contributed by atoms with van der Waals surface area (Å²) in [5, 5.41) is 8.57. The van der Waals surface area contributed by atoms with Crippen LogP contribution in [0.5, 0.6) is 5.75 Å². The van der Waals surface area contributed by atoms with Crippen molar-refractivity contribution in [2.45, 2.75) is 6.42 Å². The van der Waals surface area contributed by atoms with Gasteiger partial charge in [-0.1, -0.05) is 6.07 Å². The molecule has 0 fully saturated rings. The zero-order chi connectivity index (χ0) is 10.6. The number of hydrogen-bond donors (Lipinski definition) is 1. The predicted octanol–water partition coefficient (Wildman–Crippen LogP) is 1.13. The lowest BCUT2D eigenvalue weighted by atomic mass is 10.1. The zero-order valence-electron chi connectivity index (χ0n) is 7.69. The molecular formula is C10H10O4. The van der Waals surface area contributed by atoms with E-state index in [-0.39, 0.29) is 6.42 Å². The number of carboxylic acids is 1. The van der Waals surface area contributed by atoms with E-state index in [1.807, 2.05) is 0 Å². The van der Waals surface area contributed by atoms with Crippen LogP contribution in [0.3, 0.4) is 0 Å². The predicted molar refractivity (Wildman–Crippen MR) is 49.7 cm³/mol. The first-order valence-electron chi connectivity index (χ1n) is 4.01. The van der Waals surface area contributed by atoms with Crippen LogP contribution in [0.2, 0.25) is 0 Å². The topological polar surface area (TPSA) is 63.6 Å². The molecule has 0 amide bonds. The number of carboxylic acid groups (broad SMARTS) is 1. The van der Waals surface area contributed by atoms with Crippen LogP contribution in [-0.4, -0.2) is 24.5 Å². The molecule has 0 aliphatic heterocycles. The standard InChI is InChI=1S/C10H10O4/c1-14-9-3-2-7(5-10(12)13)8(4-9)6-11/h2-4,6H,5H2,1H3,(H,12,13). The van der Waals surface area contributed by atoms with Crippen LogP contribution in [0, 0.1) is 0 Å². The number of rotatable bonds is 4. The third-order valence-corrected chi connectivity index (χ3v) is 1.82. The van der Waals surface area contributed by atoms with Crippen molar-refractivity contribution in [2.75, 3.05) is 7.11 Å². The number of benzene rings is 1. The second kappa shape index (κ2) is 4.41. The fraction of sp³-hybridized carbons (Fsp3) is 0.200. The summed E-state index contributed by atoms with van der Waals surface area (Å²) in [7, 11) is 1.49. The summed E-state index contributed by atoms with van der Waals surface area (Å²) in [6, 6.07) is 4.73. The molecule has 1 aromatic carbocycles. The van der Waals surface area contributed by atoms with Crippen molar-refractivity contribution in [3.63, 3.8) is 0 Å². The summed E-state index contributed by atoms with van der Waals surface area (Å²) in [6.45, 7) is 0. The van der Waals surface area contributed by atoms with Gasteiger partial charge in [-0.3, -0.25) is 9.59 Å². The van der Waals surface area contributed by atoms with Crippen molar-refractivity contribution in [1.82, 2.24) is 0 Å². The van der Waals surface area contributed by atoms with E-state index in [0.29, 0.717) is 23.2 Å². The summed E-state index contributed by atoms with van der Waals surface area (Å²) in [6.07, 6.45) is 0.471. The summed E-state index contributed by atoms with van der Waals surface area (Å²) in [5.41, 5.74) is 0.847. The largest absolute Gasteiger partial charge is 0.497 e. The first kappa shape index (κ1) is 10.2. The van der Waals surface area contributed by atoms with E-state index in [2.05, 4.69) is 0 Å². The van der Waals surface area contributed by atoms with Gasteiger partial charge in [0, 0.05) is 5.56 Å². The summed E-state index contributed by atoms with van der Waals surface area (Å²) >= 11 is 0. The minimum absolute atomic E-state index is 0.155.